The molecule has 1 amide bonds. The number of carboxylic acid groups (broad SMARTS) is 1. The number of methoxy groups -OCH3 is 1. The predicted molar refractivity (Wildman–Crippen MR) is 109 cm³/mol. The zero-order chi connectivity index (χ0) is 21.3. The molecule has 0 aliphatic rings. The van der Waals surface area contributed by atoms with Gasteiger partial charge < -0.3 is 29.1 Å². The van der Waals surface area contributed by atoms with Crippen LogP contribution in [0.2, 0.25) is 0 Å². The second-order valence-electron chi connectivity index (χ2n) is 6.52. The molecule has 0 aliphatic heterocycles. The average Bonchev–Trinajstić information content (AvgIpc) is 3.17. The summed E-state index contributed by atoms with van der Waals surface area (Å²) in [7, 11) is 1.59. The van der Waals surface area contributed by atoms with E-state index in [-0.39, 0.29) is 19.0 Å². The van der Waals surface area contributed by atoms with Gasteiger partial charge in [-0.2, -0.15) is 0 Å². The number of ether oxygens (including phenoxy) is 3. The molecule has 8 heteroatoms. The number of aliphatic carboxylic acids is 1. The minimum atomic E-state index is -1.21. The fraction of sp³-hybridized carbons (Fsp3) is 0.273. The molecule has 30 heavy (non-hydrogen) atoms. The molecule has 1 heterocycles. The van der Waals surface area contributed by atoms with E-state index in [1.807, 2.05) is 30.3 Å². The lowest BCUT2D eigenvalue weighted by atomic mass is 10.2. The Morgan fingerprint density at radius 2 is 1.90 bits per heavy atom. The van der Waals surface area contributed by atoms with Crippen molar-refractivity contribution < 1.29 is 33.3 Å². The van der Waals surface area contributed by atoms with Gasteiger partial charge in [0.15, 0.2) is 11.8 Å². The Hall–Kier alpha value is -3.36. The fourth-order valence-electron chi connectivity index (χ4n) is 2.74. The van der Waals surface area contributed by atoms with Crippen LogP contribution in [0, 0.1) is 0 Å². The zero-order valence-electron chi connectivity index (χ0n) is 16.5. The van der Waals surface area contributed by atoms with Crippen LogP contribution in [0.4, 0.5) is 0 Å². The first-order chi connectivity index (χ1) is 14.6. The number of fused-ring (bicyclic) bond motifs is 1. The molecule has 1 aromatic heterocycles. The summed E-state index contributed by atoms with van der Waals surface area (Å²) in [5.74, 6) is -1.21. The topological polar surface area (TPSA) is 107 Å². The van der Waals surface area contributed by atoms with Crippen LogP contribution >= 0.6 is 0 Å². The molecular formula is C22H23NO7. The Labute approximate surface area is 173 Å². The first-order valence-corrected chi connectivity index (χ1v) is 9.37. The van der Waals surface area contributed by atoms with Gasteiger partial charge in [0.2, 0.25) is 0 Å². The van der Waals surface area contributed by atoms with Crippen LogP contribution in [0.25, 0.3) is 11.0 Å². The molecule has 0 spiro atoms. The maximum Gasteiger partial charge on any atom is 0.328 e. The van der Waals surface area contributed by atoms with Gasteiger partial charge >= 0.3 is 5.97 Å². The Balaban J connectivity index is 1.60. The van der Waals surface area contributed by atoms with Crippen molar-refractivity contribution in [3.05, 3.63) is 65.9 Å². The minimum Gasteiger partial charge on any atom is -0.491 e. The van der Waals surface area contributed by atoms with E-state index in [0.29, 0.717) is 29.9 Å². The van der Waals surface area contributed by atoms with Crippen LogP contribution in [0.1, 0.15) is 16.1 Å². The number of furan rings is 1. The lowest BCUT2D eigenvalue weighted by Crippen LogP contribution is -2.43. The maximum absolute atomic E-state index is 12.5. The quantitative estimate of drug-likeness (QED) is 0.466. The van der Waals surface area contributed by atoms with Crippen molar-refractivity contribution in [1.29, 1.82) is 0 Å². The van der Waals surface area contributed by atoms with Crippen LogP contribution in [-0.2, 0) is 20.9 Å². The van der Waals surface area contributed by atoms with E-state index in [1.165, 1.54) is 6.07 Å². The second kappa shape index (κ2) is 10.4. The van der Waals surface area contributed by atoms with Gasteiger partial charge in [0.05, 0.1) is 19.8 Å². The van der Waals surface area contributed by atoms with Gasteiger partial charge in [-0.1, -0.05) is 30.3 Å². The molecule has 2 N–H and O–H groups in total. The van der Waals surface area contributed by atoms with Gasteiger partial charge in [0.1, 0.15) is 17.9 Å². The third-order valence-electron chi connectivity index (χ3n) is 4.27. The lowest BCUT2D eigenvalue weighted by molar-refractivity contribution is -0.141. The highest BCUT2D eigenvalue weighted by atomic mass is 16.5. The van der Waals surface area contributed by atoms with Crippen LogP contribution < -0.4 is 10.1 Å². The second-order valence-corrected chi connectivity index (χ2v) is 6.52. The van der Waals surface area contributed by atoms with Gasteiger partial charge in [0, 0.05) is 12.5 Å². The molecule has 3 rings (SSSR count). The maximum atomic E-state index is 12.5. The van der Waals surface area contributed by atoms with Crippen molar-refractivity contribution in [3.63, 3.8) is 0 Å². The number of carbonyl (C=O) groups is 2. The van der Waals surface area contributed by atoms with Gasteiger partial charge in [-0.25, -0.2) is 4.79 Å². The van der Waals surface area contributed by atoms with E-state index in [9.17, 15) is 14.7 Å². The summed E-state index contributed by atoms with van der Waals surface area (Å²) in [6, 6.07) is 14.8. The van der Waals surface area contributed by atoms with E-state index in [0.717, 1.165) is 5.56 Å². The molecule has 0 radical (unpaired) electrons. The number of benzene rings is 2. The van der Waals surface area contributed by atoms with E-state index in [2.05, 4.69) is 5.32 Å². The summed E-state index contributed by atoms with van der Waals surface area (Å²) in [5, 5.41) is 12.5. The molecule has 8 nitrogen and oxygen atoms in total. The third kappa shape index (κ3) is 5.82. The molecule has 3 aromatic rings. The predicted octanol–water partition coefficient (Wildman–Crippen LogP) is 2.86. The van der Waals surface area contributed by atoms with Crippen LogP contribution in [0.5, 0.6) is 5.75 Å². The molecule has 0 fully saturated rings. The monoisotopic (exact) mass is 413 g/mol. The van der Waals surface area contributed by atoms with Crippen molar-refractivity contribution in [2.24, 2.45) is 0 Å². The van der Waals surface area contributed by atoms with E-state index in [1.54, 1.807) is 25.3 Å². The number of carbonyl (C=O) groups excluding carboxylic acids is 1. The Kier molecular flexibility index (Phi) is 7.42. The van der Waals surface area contributed by atoms with E-state index < -0.39 is 17.9 Å². The Morgan fingerprint density at radius 1 is 1.10 bits per heavy atom. The van der Waals surface area contributed by atoms with Crippen molar-refractivity contribution in [3.8, 4) is 5.75 Å². The van der Waals surface area contributed by atoms with Gasteiger partial charge in [-0.3, -0.25) is 4.79 Å². The minimum absolute atomic E-state index is 0.00773. The molecule has 2 aromatic carbocycles. The summed E-state index contributed by atoms with van der Waals surface area (Å²) < 4.78 is 21.5. The number of amides is 1. The lowest BCUT2D eigenvalue weighted by Gasteiger charge is -2.14. The number of hydrogen-bond acceptors (Lipinski definition) is 6. The van der Waals surface area contributed by atoms with Crippen LogP contribution in [-0.4, -0.2) is 50.0 Å². The highest BCUT2D eigenvalue weighted by Crippen LogP contribution is 2.24. The summed E-state index contributed by atoms with van der Waals surface area (Å²) in [4.78, 5) is 24.0. The molecule has 0 aliphatic carbocycles. The summed E-state index contributed by atoms with van der Waals surface area (Å²) >= 11 is 0. The first-order valence-electron chi connectivity index (χ1n) is 9.37. The molecular weight excluding hydrogens is 390 g/mol. The smallest absolute Gasteiger partial charge is 0.328 e. The van der Waals surface area contributed by atoms with Crippen molar-refractivity contribution in [2.45, 2.75) is 12.6 Å². The molecule has 158 valence electrons. The summed E-state index contributed by atoms with van der Waals surface area (Å²) in [6.45, 7) is 0.932. The van der Waals surface area contributed by atoms with Crippen molar-refractivity contribution in [1.82, 2.24) is 5.32 Å². The van der Waals surface area contributed by atoms with Gasteiger partial charge in [-0.05, 0) is 29.8 Å². The SMILES string of the molecule is COCCOc1ccc2oc(C(=O)NC(COCc3ccccc3)C(=O)O)cc2c1. The largest absolute Gasteiger partial charge is 0.491 e. The van der Waals surface area contributed by atoms with Gasteiger partial charge in [-0.15, -0.1) is 0 Å². The Bertz CT molecular complexity index is 984. The van der Waals surface area contributed by atoms with Crippen molar-refractivity contribution >= 4 is 22.8 Å². The zero-order valence-corrected chi connectivity index (χ0v) is 16.5. The number of hydrogen-bond donors (Lipinski definition) is 2. The molecule has 1 unspecified atom stereocenters. The molecule has 0 saturated heterocycles. The molecule has 0 bridgehead atoms. The van der Waals surface area contributed by atoms with Gasteiger partial charge in [0.25, 0.3) is 5.91 Å². The van der Waals surface area contributed by atoms with Crippen LogP contribution in [0.15, 0.2) is 59.0 Å². The van der Waals surface area contributed by atoms with E-state index >= 15 is 0 Å². The van der Waals surface area contributed by atoms with Crippen molar-refractivity contribution in [2.75, 3.05) is 26.9 Å². The standard InChI is InChI=1S/C22H23NO7/c1-27-9-10-29-17-7-8-19-16(11-17)12-20(30-19)21(24)23-18(22(25)26)14-28-13-15-5-3-2-4-6-15/h2-8,11-12,18H,9-10,13-14H2,1H3,(H,23,24)(H,25,26). The van der Waals surface area contributed by atoms with Crippen LogP contribution in [0.3, 0.4) is 0 Å². The van der Waals surface area contributed by atoms with E-state index in [4.69, 9.17) is 18.6 Å². The normalized spacial score (nSPS) is 11.9. The average molecular weight is 413 g/mol. The third-order valence-corrected chi connectivity index (χ3v) is 4.27. The highest BCUT2D eigenvalue weighted by Gasteiger charge is 2.23. The number of nitrogens with one attached hydrogen (secondary N) is 1. The number of rotatable bonds is 11. The summed E-state index contributed by atoms with van der Waals surface area (Å²) in [6.07, 6.45) is 0. The molecule has 1 atom stereocenters. The number of carboxylic acids is 1. The Morgan fingerprint density at radius 3 is 2.63 bits per heavy atom. The fourth-order valence-corrected chi connectivity index (χ4v) is 2.74. The highest BCUT2D eigenvalue weighted by molar-refractivity contribution is 5.98. The summed E-state index contributed by atoms with van der Waals surface area (Å²) in [5.41, 5.74) is 1.40. The molecule has 0 saturated carbocycles. The first kappa shape index (κ1) is 21.4.